The van der Waals surface area contributed by atoms with E-state index in [4.69, 9.17) is 21.7 Å². The Balaban J connectivity index is 2.04. The van der Waals surface area contributed by atoms with Gasteiger partial charge in [-0.2, -0.15) is 0 Å². The van der Waals surface area contributed by atoms with Crippen LogP contribution in [0.3, 0.4) is 0 Å². The van der Waals surface area contributed by atoms with Crippen molar-refractivity contribution in [2.24, 2.45) is 0 Å². The highest BCUT2D eigenvalue weighted by molar-refractivity contribution is 7.80. The molecule has 0 saturated carbocycles. The third kappa shape index (κ3) is 6.53. The Hall–Kier alpha value is -2.97. The first-order valence-electron chi connectivity index (χ1n) is 9.72. The van der Waals surface area contributed by atoms with Crippen molar-refractivity contribution in [1.82, 2.24) is 10.2 Å². The molecule has 0 fully saturated rings. The zero-order valence-corrected chi connectivity index (χ0v) is 18.3. The summed E-state index contributed by atoms with van der Waals surface area (Å²) in [7, 11) is 1.58. The van der Waals surface area contributed by atoms with Gasteiger partial charge in [-0.15, -0.1) is 0 Å². The normalized spacial score (nSPS) is 10.2. The van der Waals surface area contributed by atoms with E-state index in [0.717, 1.165) is 0 Å². The van der Waals surface area contributed by atoms with Crippen LogP contribution < -0.4 is 15.4 Å². The number of nitrogens with one attached hydrogen (secondary N) is 2. The molecule has 2 N–H and O–H groups in total. The van der Waals surface area contributed by atoms with Crippen LogP contribution in [0.25, 0.3) is 0 Å². The van der Waals surface area contributed by atoms with E-state index in [1.165, 1.54) is 0 Å². The van der Waals surface area contributed by atoms with Gasteiger partial charge >= 0.3 is 0 Å². The van der Waals surface area contributed by atoms with Crippen LogP contribution in [-0.4, -0.2) is 55.2 Å². The van der Waals surface area contributed by atoms with E-state index in [2.05, 4.69) is 10.6 Å². The molecular weight excluding hydrogens is 402 g/mol. The van der Waals surface area contributed by atoms with Gasteiger partial charge in [0.1, 0.15) is 12.4 Å². The number of carbonyl (C=O) groups is 2. The number of carbonyl (C=O) groups excluding carboxylic acids is 2. The summed E-state index contributed by atoms with van der Waals surface area (Å²) < 4.78 is 10.6. The van der Waals surface area contributed by atoms with E-state index in [-0.39, 0.29) is 11.0 Å². The Morgan fingerprint density at radius 1 is 1.03 bits per heavy atom. The summed E-state index contributed by atoms with van der Waals surface area (Å²) in [6.45, 7) is 5.88. The molecule has 2 aromatic carbocycles. The standard InChI is InChI=1S/C22H27N3O4S/c1-4-25(5-2)21(27)16-9-8-10-17(15-16)23-22(30)24-20(26)18-11-6-7-12-19(18)29-14-13-28-3/h6-12,15H,4-5,13-14H2,1-3H3,(H2,23,24,26,30). The van der Waals surface area contributed by atoms with Gasteiger partial charge in [-0.25, -0.2) is 0 Å². The molecule has 0 saturated heterocycles. The fourth-order valence-corrected chi connectivity index (χ4v) is 2.98. The number of methoxy groups -OCH3 is 1. The number of ether oxygens (including phenoxy) is 2. The van der Waals surface area contributed by atoms with Gasteiger partial charge in [-0.1, -0.05) is 18.2 Å². The molecule has 2 rings (SSSR count). The van der Waals surface area contributed by atoms with Crippen LogP contribution in [0, 0.1) is 0 Å². The largest absolute Gasteiger partial charge is 0.490 e. The molecule has 160 valence electrons. The summed E-state index contributed by atoms with van der Waals surface area (Å²) in [5, 5.41) is 5.72. The van der Waals surface area contributed by atoms with Crippen molar-refractivity contribution in [3.05, 3.63) is 59.7 Å². The number of anilines is 1. The highest BCUT2D eigenvalue weighted by Crippen LogP contribution is 2.18. The van der Waals surface area contributed by atoms with Gasteiger partial charge in [0.2, 0.25) is 0 Å². The number of nitrogens with zero attached hydrogens (tertiary/aromatic N) is 1. The number of hydrogen-bond donors (Lipinski definition) is 2. The molecule has 7 nitrogen and oxygen atoms in total. The Kier molecular flexibility index (Phi) is 9.24. The highest BCUT2D eigenvalue weighted by atomic mass is 32.1. The molecule has 0 radical (unpaired) electrons. The fourth-order valence-electron chi connectivity index (χ4n) is 2.77. The molecule has 2 amide bonds. The number of thiocarbonyl (C=S) groups is 1. The van der Waals surface area contributed by atoms with Gasteiger partial charge in [0.15, 0.2) is 5.11 Å². The summed E-state index contributed by atoms with van der Waals surface area (Å²) in [6.07, 6.45) is 0. The molecule has 2 aromatic rings. The predicted molar refractivity (Wildman–Crippen MR) is 121 cm³/mol. The van der Waals surface area contributed by atoms with Crippen LogP contribution in [0.15, 0.2) is 48.5 Å². The number of benzene rings is 2. The van der Waals surface area contributed by atoms with Crippen LogP contribution >= 0.6 is 12.2 Å². The first-order chi connectivity index (χ1) is 14.5. The summed E-state index contributed by atoms with van der Waals surface area (Å²) in [4.78, 5) is 26.9. The predicted octanol–water partition coefficient (Wildman–Crippen LogP) is 3.32. The van der Waals surface area contributed by atoms with Crippen molar-refractivity contribution in [1.29, 1.82) is 0 Å². The average Bonchev–Trinajstić information content (AvgIpc) is 2.75. The third-order valence-electron chi connectivity index (χ3n) is 4.32. The summed E-state index contributed by atoms with van der Waals surface area (Å²) in [5.41, 5.74) is 1.53. The van der Waals surface area contributed by atoms with Crippen molar-refractivity contribution in [3.63, 3.8) is 0 Å². The van der Waals surface area contributed by atoms with Crippen molar-refractivity contribution >= 4 is 34.8 Å². The summed E-state index contributed by atoms with van der Waals surface area (Å²) in [6, 6.07) is 13.9. The molecule has 0 spiro atoms. The first kappa shape index (κ1) is 23.3. The number of para-hydroxylation sites is 1. The van der Waals surface area contributed by atoms with Crippen LogP contribution in [0.4, 0.5) is 5.69 Å². The quantitative estimate of drug-likeness (QED) is 0.470. The number of rotatable bonds is 9. The van der Waals surface area contributed by atoms with Crippen LogP contribution in [0.2, 0.25) is 0 Å². The van der Waals surface area contributed by atoms with E-state index in [1.807, 2.05) is 13.8 Å². The maximum atomic E-state index is 12.6. The smallest absolute Gasteiger partial charge is 0.261 e. The molecule has 0 aliphatic heterocycles. The first-order valence-corrected chi connectivity index (χ1v) is 10.1. The molecule has 0 aliphatic rings. The molecule has 0 aliphatic carbocycles. The van der Waals surface area contributed by atoms with E-state index in [9.17, 15) is 9.59 Å². The van der Waals surface area contributed by atoms with Crippen molar-refractivity contribution in [2.75, 3.05) is 38.7 Å². The van der Waals surface area contributed by atoms with Gasteiger partial charge in [0.25, 0.3) is 11.8 Å². The minimum Gasteiger partial charge on any atom is -0.490 e. The van der Waals surface area contributed by atoms with Crippen molar-refractivity contribution in [2.45, 2.75) is 13.8 Å². The minimum atomic E-state index is -0.393. The van der Waals surface area contributed by atoms with Gasteiger partial charge < -0.3 is 19.7 Å². The molecule has 0 heterocycles. The topological polar surface area (TPSA) is 79.9 Å². The van der Waals surface area contributed by atoms with Crippen LogP contribution in [-0.2, 0) is 4.74 Å². The maximum absolute atomic E-state index is 12.6. The lowest BCUT2D eigenvalue weighted by atomic mass is 10.1. The lowest BCUT2D eigenvalue weighted by molar-refractivity contribution is 0.0772. The Morgan fingerprint density at radius 3 is 2.47 bits per heavy atom. The van der Waals surface area contributed by atoms with E-state index < -0.39 is 5.91 Å². The van der Waals surface area contributed by atoms with Crippen LogP contribution in [0.1, 0.15) is 34.6 Å². The second kappa shape index (κ2) is 11.9. The Morgan fingerprint density at radius 2 is 1.77 bits per heavy atom. The zero-order valence-electron chi connectivity index (χ0n) is 17.4. The Labute approximate surface area is 182 Å². The van der Waals surface area contributed by atoms with E-state index >= 15 is 0 Å². The van der Waals surface area contributed by atoms with E-state index in [0.29, 0.717) is 48.9 Å². The molecule has 0 unspecified atom stereocenters. The van der Waals surface area contributed by atoms with Gasteiger partial charge in [0, 0.05) is 31.5 Å². The second-order valence-corrected chi connectivity index (χ2v) is 6.71. The number of amides is 2. The highest BCUT2D eigenvalue weighted by Gasteiger charge is 2.15. The zero-order chi connectivity index (χ0) is 21.9. The fraction of sp³-hybridized carbons (Fsp3) is 0.318. The van der Waals surface area contributed by atoms with E-state index in [1.54, 1.807) is 60.5 Å². The lowest BCUT2D eigenvalue weighted by Gasteiger charge is -2.19. The van der Waals surface area contributed by atoms with Crippen molar-refractivity contribution < 1.29 is 19.1 Å². The van der Waals surface area contributed by atoms with Gasteiger partial charge in [-0.3, -0.25) is 14.9 Å². The average molecular weight is 430 g/mol. The molecule has 30 heavy (non-hydrogen) atoms. The van der Waals surface area contributed by atoms with Crippen molar-refractivity contribution in [3.8, 4) is 5.75 Å². The maximum Gasteiger partial charge on any atom is 0.261 e. The molecular formula is C22H27N3O4S. The summed E-state index contributed by atoms with van der Waals surface area (Å²) >= 11 is 5.27. The monoisotopic (exact) mass is 429 g/mol. The second-order valence-electron chi connectivity index (χ2n) is 6.30. The van der Waals surface area contributed by atoms with Gasteiger partial charge in [0.05, 0.1) is 12.2 Å². The Bertz CT molecular complexity index is 884. The molecule has 8 heteroatoms. The SMILES string of the molecule is CCN(CC)C(=O)c1cccc(NC(=S)NC(=O)c2ccccc2OCCOC)c1. The van der Waals surface area contributed by atoms with Crippen LogP contribution in [0.5, 0.6) is 5.75 Å². The van der Waals surface area contributed by atoms with Gasteiger partial charge in [-0.05, 0) is 56.4 Å². The third-order valence-corrected chi connectivity index (χ3v) is 4.53. The molecule has 0 atom stereocenters. The minimum absolute atomic E-state index is 0.0549. The number of hydrogen-bond acceptors (Lipinski definition) is 5. The lowest BCUT2D eigenvalue weighted by Crippen LogP contribution is -2.34. The molecule has 0 bridgehead atoms. The summed E-state index contributed by atoms with van der Waals surface area (Å²) in [5.74, 6) is -0.00158. The molecule has 0 aromatic heterocycles.